The van der Waals surface area contributed by atoms with E-state index in [-0.39, 0.29) is 6.10 Å². The molecular weight excluding hydrogens is 210 g/mol. The lowest BCUT2D eigenvalue weighted by Crippen LogP contribution is -2.35. The summed E-state index contributed by atoms with van der Waals surface area (Å²) in [7, 11) is 0. The Balaban J connectivity index is 1.88. The second-order valence-electron chi connectivity index (χ2n) is 5.33. The summed E-state index contributed by atoms with van der Waals surface area (Å²) in [5.74, 6) is 0. The van der Waals surface area contributed by atoms with Crippen molar-refractivity contribution in [2.24, 2.45) is 0 Å². The van der Waals surface area contributed by atoms with Crippen molar-refractivity contribution in [3.8, 4) is 0 Å². The largest absolute Gasteiger partial charge is 0.393 e. The van der Waals surface area contributed by atoms with Gasteiger partial charge < -0.3 is 10.4 Å². The number of hydrogen-bond acceptors (Lipinski definition) is 2. The molecule has 1 saturated carbocycles. The van der Waals surface area contributed by atoms with Crippen molar-refractivity contribution < 1.29 is 5.11 Å². The van der Waals surface area contributed by atoms with Crippen LogP contribution in [0, 0.1) is 13.8 Å². The molecule has 2 unspecified atom stereocenters. The van der Waals surface area contributed by atoms with Gasteiger partial charge in [-0.2, -0.15) is 0 Å². The van der Waals surface area contributed by atoms with Crippen molar-refractivity contribution in [1.29, 1.82) is 0 Å². The number of hydrogen-bond donors (Lipinski definition) is 2. The van der Waals surface area contributed by atoms with Crippen molar-refractivity contribution in [1.82, 2.24) is 5.32 Å². The van der Waals surface area contributed by atoms with Gasteiger partial charge in [-0.15, -0.1) is 0 Å². The van der Waals surface area contributed by atoms with Crippen molar-refractivity contribution in [3.05, 3.63) is 34.9 Å². The number of nitrogens with one attached hydrogen (secondary N) is 1. The molecule has 0 bridgehead atoms. The maximum absolute atomic E-state index is 9.63. The van der Waals surface area contributed by atoms with Gasteiger partial charge in [-0.25, -0.2) is 0 Å². The Bertz CT molecular complexity index is 375. The summed E-state index contributed by atoms with van der Waals surface area (Å²) in [6.07, 6.45) is 4.13. The highest BCUT2D eigenvalue weighted by atomic mass is 16.3. The minimum absolute atomic E-state index is 0.0969. The molecule has 94 valence electrons. The molecule has 0 spiro atoms. The van der Waals surface area contributed by atoms with Crippen LogP contribution in [0.2, 0.25) is 0 Å². The van der Waals surface area contributed by atoms with Gasteiger partial charge in [-0.3, -0.25) is 0 Å². The van der Waals surface area contributed by atoms with Crippen LogP contribution in [0.25, 0.3) is 0 Å². The summed E-state index contributed by atoms with van der Waals surface area (Å²) >= 11 is 0. The minimum atomic E-state index is -0.0969. The first kappa shape index (κ1) is 12.6. The molecular formula is C15H23NO. The first-order valence-electron chi connectivity index (χ1n) is 6.63. The molecule has 0 heterocycles. The standard InChI is InChI=1S/C15H23NO/c1-11-6-7-13(12(2)8-11)10-16-14-4-3-5-15(17)9-14/h6-8,14-17H,3-5,9-10H2,1-2H3. The van der Waals surface area contributed by atoms with E-state index < -0.39 is 0 Å². The van der Waals surface area contributed by atoms with E-state index in [0.29, 0.717) is 6.04 Å². The number of aliphatic hydroxyl groups is 1. The second-order valence-corrected chi connectivity index (χ2v) is 5.33. The zero-order valence-electron chi connectivity index (χ0n) is 10.9. The third-order valence-electron chi connectivity index (χ3n) is 3.73. The van der Waals surface area contributed by atoms with Gasteiger partial charge >= 0.3 is 0 Å². The van der Waals surface area contributed by atoms with Crippen LogP contribution in [-0.4, -0.2) is 17.3 Å². The molecule has 2 heteroatoms. The fourth-order valence-corrected chi connectivity index (χ4v) is 2.65. The lowest BCUT2D eigenvalue weighted by Gasteiger charge is -2.27. The Morgan fingerprint density at radius 2 is 2.12 bits per heavy atom. The Hall–Kier alpha value is -0.860. The molecule has 2 nitrogen and oxygen atoms in total. The number of aliphatic hydroxyl groups excluding tert-OH is 1. The smallest absolute Gasteiger partial charge is 0.0555 e. The third kappa shape index (κ3) is 3.55. The van der Waals surface area contributed by atoms with Gasteiger partial charge in [0, 0.05) is 12.6 Å². The Labute approximate surface area is 104 Å². The SMILES string of the molecule is Cc1ccc(CNC2CCCC(O)C2)c(C)c1. The summed E-state index contributed by atoms with van der Waals surface area (Å²) in [5.41, 5.74) is 4.05. The van der Waals surface area contributed by atoms with Crippen LogP contribution in [0.4, 0.5) is 0 Å². The van der Waals surface area contributed by atoms with Gasteiger partial charge in [0.1, 0.15) is 0 Å². The van der Waals surface area contributed by atoms with Gasteiger partial charge in [-0.1, -0.05) is 23.8 Å². The van der Waals surface area contributed by atoms with Crippen LogP contribution in [0.15, 0.2) is 18.2 Å². The predicted octanol–water partition coefficient (Wildman–Crippen LogP) is 2.70. The summed E-state index contributed by atoms with van der Waals surface area (Å²) in [5, 5.41) is 13.2. The van der Waals surface area contributed by atoms with Crippen molar-refractivity contribution in [2.75, 3.05) is 0 Å². The van der Waals surface area contributed by atoms with E-state index >= 15 is 0 Å². The third-order valence-corrected chi connectivity index (χ3v) is 3.73. The van der Waals surface area contributed by atoms with E-state index in [1.54, 1.807) is 0 Å². The predicted molar refractivity (Wildman–Crippen MR) is 71.0 cm³/mol. The fourth-order valence-electron chi connectivity index (χ4n) is 2.65. The Kier molecular flexibility index (Phi) is 4.19. The van der Waals surface area contributed by atoms with Gasteiger partial charge in [0.25, 0.3) is 0 Å². The lowest BCUT2D eigenvalue weighted by molar-refractivity contribution is 0.111. The van der Waals surface area contributed by atoms with Crippen LogP contribution in [0.1, 0.15) is 42.4 Å². The highest BCUT2D eigenvalue weighted by molar-refractivity contribution is 5.30. The molecule has 0 amide bonds. The molecule has 1 aromatic rings. The number of rotatable bonds is 3. The van der Waals surface area contributed by atoms with Crippen molar-refractivity contribution in [2.45, 2.75) is 58.2 Å². The van der Waals surface area contributed by atoms with Gasteiger partial charge in [0.15, 0.2) is 0 Å². The normalized spacial score (nSPS) is 24.9. The topological polar surface area (TPSA) is 32.3 Å². The molecule has 2 rings (SSSR count). The van der Waals surface area contributed by atoms with Crippen LogP contribution in [0.3, 0.4) is 0 Å². The average molecular weight is 233 g/mol. The van der Waals surface area contributed by atoms with Gasteiger partial charge in [-0.05, 0) is 50.7 Å². The summed E-state index contributed by atoms with van der Waals surface area (Å²) in [4.78, 5) is 0. The highest BCUT2D eigenvalue weighted by Gasteiger charge is 2.19. The fraction of sp³-hybridized carbons (Fsp3) is 0.600. The summed E-state index contributed by atoms with van der Waals surface area (Å²) in [6.45, 7) is 5.21. The molecule has 1 aromatic carbocycles. The van der Waals surface area contributed by atoms with Gasteiger partial charge in [0.2, 0.25) is 0 Å². The number of aryl methyl sites for hydroxylation is 2. The van der Waals surface area contributed by atoms with E-state index in [2.05, 4.69) is 37.4 Å². The highest BCUT2D eigenvalue weighted by Crippen LogP contribution is 2.19. The Morgan fingerprint density at radius 1 is 1.29 bits per heavy atom. The average Bonchev–Trinajstić information content (AvgIpc) is 2.28. The summed E-state index contributed by atoms with van der Waals surface area (Å²) < 4.78 is 0. The first-order chi connectivity index (χ1) is 8.15. The van der Waals surface area contributed by atoms with E-state index in [9.17, 15) is 5.11 Å². The van der Waals surface area contributed by atoms with Gasteiger partial charge in [0.05, 0.1) is 6.10 Å². The van der Waals surface area contributed by atoms with E-state index in [1.807, 2.05) is 0 Å². The van der Waals surface area contributed by atoms with Crippen molar-refractivity contribution in [3.63, 3.8) is 0 Å². The maximum atomic E-state index is 9.63. The molecule has 1 fully saturated rings. The zero-order chi connectivity index (χ0) is 12.3. The maximum Gasteiger partial charge on any atom is 0.0555 e. The Morgan fingerprint density at radius 3 is 2.82 bits per heavy atom. The molecule has 0 aliphatic heterocycles. The van der Waals surface area contributed by atoms with Crippen LogP contribution >= 0.6 is 0 Å². The molecule has 2 N–H and O–H groups in total. The zero-order valence-corrected chi connectivity index (χ0v) is 10.9. The molecule has 0 saturated heterocycles. The molecule has 0 radical (unpaired) electrons. The van der Waals surface area contributed by atoms with Crippen LogP contribution in [0.5, 0.6) is 0 Å². The monoisotopic (exact) mass is 233 g/mol. The molecule has 0 aromatic heterocycles. The van der Waals surface area contributed by atoms with Crippen molar-refractivity contribution >= 4 is 0 Å². The van der Waals surface area contributed by atoms with E-state index in [0.717, 1.165) is 25.8 Å². The minimum Gasteiger partial charge on any atom is -0.393 e. The summed E-state index contributed by atoms with van der Waals surface area (Å²) in [6, 6.07) is 7.09. The molecule has 17 heavy (non-hydrogen) atoms. The molecule has 1 aliphatic rings. The molecule has 2 atom stereocenters. The number of benzene rings is 1. The lowest BCUT2D eigenvalue weighted by atomic mass is 9.93. The second kappa shape index (κ2) is 5.65. The molecule has 1 aliphatic carbocycles. The van der Waals surface area contributed by atoms with E-state index in [4.69, 9.17) is 0 Å². The quantitative estimate of drug-likeness (QED) is 0.841. The first-order valence-corrected chi connectivity index (χ1v) is 6.63. The van der Waals surface area contributed by atoms with E-state index in [1.165, 1.54) is 23.1 Å². The van der Waals surface area contributed by atoms with Crippen LogP contribution < -0.4 is 5.32 Å². The van der Waals surface area contributed by atoms with Crippen LogP contribution in [-0.2, 0) is 6.54 Å².